The molecule has 8 heteroatoms. The number of guanidine groups is 2. The largest absolute Gasteiger partial charge is 0.370 e. The zero-order valence-electron chi connectivity index (χ0n) is 9.31. The Bertz CT molecular complexity index is 390. The summed E-state index contributed by atoms with van der Waals surface area (Å²) in [5.74, 6) is 1.02. The number of hydrogen-bond donors (Lipinski definition) is 3. The van der Waals surface area contributed by atoms with Gasteiger partial charge in [-0.3, -0.25) is 20.6 Å². The van der Waals surface area contributed by atoms with Crippen molar-refractivity contribution in [1.29, 1.82) is 10.8 Å². The van der Waals surface area contributed by atoms with Crippen LogP contribution in [0, 0.1) is 17.7 Å². The topological polar surface area (TPSA) is 106 Å². The number of anilines is 1. The zero-order chi connectivity index (χ0) is 11.6. The predicted octanol–water partition coefficient (Wildman–Crippen LogP) is 0.601. The van der Waals surface area contributed by atoms with E-state index in [1.807, 2.05) is 0 Å². The van der Waals surface area contributed by atoms with Gasteiger partial charge in [0.25, 0.3) is 0 Å². The number of halogens is 1. The van der Waals surface area contributed by atoms with Crippen LogP contribution in [0.25, 0.3) is 0 Å². The van der Waals surface area contributed by atoms with E-state index in [-0.39, 0.29) is 24.3 Å². The van der Waals surface area contributed by atoms with Crippen LogP contribution in [0.15, 0.2) is 10.6 Å². The van der Waals surface area contributed by atoms with E-state index in [4.69, 9.17) is 21.1 Å². The van der Waals surface area contributed by atoms with E-state index in [0.717, 1.165) is 0 Å². The van der Waals surface area contributed by atoms with Gasteiger partial charge in [0, 0.05) is 20.2 Å². The van der Waals surface area contributed by atoms with Gasteiger partial charge in [-0.25, -0.2) is 0 Å². The second-order valence-electron chi connectivity index (χ2n) is 3.12. The zero-order valence-corrected chi connectivity index (χ0v) is 10.1. The minimum Gasteiger partial charge on any atom is -0.370 e. The molecule has 0 aromatic carbocycles. The van der Waals surface area contributed by atoms with E-state index in [9.17, 15) is 0 Å². The third-order valence-electron chi connectivity index (χ3n) is 1.96. The molecule has 1 heterocycles. The molecule has 0 atom stereocenters. The summed E-state index contributed by atoms with van der Waals surface area (Å²) in [5, 5.41) is 18.7. The van der Waals surface area contributed by atoms with Crippen molar-refractivity contribution >= 4 is 30.1 Å². The molecule has 1 rings (SSSR count). The van der Waals surface area contributed by atoms with Crippen LogP contribution >= 0.6 is 12.4 Å². The number of aryl methyl sites for hydroxylation is 1. The second kappa shape index (κ2) is 5.36. The third kappa shape index (κ3) is 2.86. The summed E-state index contributed by atoms with van der Waals surface area (Å²) in [5.41, 5.74) is 5.26. The van der Waals surface area contributed by atoms with Crippen LogP contribution in [0.4, 0.5) is 5.82 Å². The highest BCUT2D eigenvalue weighted by molar-refractivity contribution is 6.02. The fourth-order valence-corrected chi connectivity index (χ4v) is 0.959. The molecule has 0 aliphatic heterocycles. The van der Waals surface area contributed by atoms with Crippen LogP contribution in [0.5, 0.6) is 0 Å². The first-order valence-electron chi connectivity index (χ1n) is 4.27. The molecule has 0 saturated carbocycles. The molecule has 16 heavy (non-hydrogen) atoms. The first-order valence-corrected chi connectivity index (χ1v) is 4.27. The monoisotopic (exact) mass is 246 g/mol. The lowest BCUT2D eigenvalue weighted by atomic mass is 10.4. The Kier molecular flexibility index (Phi) is 4.77. The molecule has 1 aromatic rings. The van der Waals surface area contributed by atoms with Crippen molar-refractivity contribution in [1.82, 2.24) is 10.1 Å². The minimum absolute atomic E-state index is 0. The lowest BCUT2D eigenvalue weighted by Crippen LogP contribution is -2.45. The van der Waals surface area contributed by atoms with Gasteiger partial charge in [-0.15, -0.1) is 12.4 Å². The first-order chi connectivity index (χ1) is 6.93. The summed E-state index contributed by atoms with van der Waals surface area (Å²) >= 11 is 0. The molecular formula is C8H15ClN6O. The molecule has 1 aromatic heterocycles. The maximum Gasteiger partial charge on any atom is 0.205 e. The molecule has 90 valence electrons. The van der Waals surface area contributed by atoms with Crippen molar-refractivity contribution < 1.29 is 4.52 Å². The SMILES string of the molecule is Cc1cc(N(C)C(=N)N(C)C(=N)N)no1.Cl. The molecule has 0 radical (unpaired) electrons. The van der Waals surface area contributed by atoms with Gasteiger partial charge in [0.2, 0.25) is 5.96 Å². The number of aromatic nitrogens is 1. The molecule has 4 N–H and O–H groups in total. The Balaban J connectivity index is 0.00000225. The summed E-state index contributed by atoms with van der Waals surface area (Å²) in [6, 6.07) is 1.70. The van der Waals surface area contributed by atoms with Gasteiger partial charge in [-0.2, -0.15) is 0 Å². The fraction of sp³-hybridized carbons (Fsp3) is 0.375. The van der Waals surface area contributed by atoms with Gasteiger partial charge in [-0.1, -0.05) is 5.16 Å². The van der Waals surface area contributed by atoms with E-state index in [0.29, 0.717) is 11.6 Å². The van der Waals surface area contributed by atoms with Crippen molar-refractivity contribution in [3.8, 4) is 0 Å². The molecule has 0 aliphatic rings. The Morgan fingerprint density at radius 3 is 2.38 bits per heavy atom. The molecule has 0 unspecified atom stereocenters. The molecule has 0 amide bonds. The number of nitrogens with two attached hydrogens (primary N) is 1. The number of nitrogens with one attached hydrogen (secondary N) is 2. The Morgan fingerprint density at radius 2 is 2.00 bits per heavy atom. The standard InChI is InChI=1S/C8H14N6O.ClH/c1-5-4-6(12-15-5)13(2)8(11)14(3)7(9)10;/h4,11H,1-3H3,(H3,9,10);1H. The molecule has 0 spiro atoms. The lowest BCUT2D eigenvalue weighted by molar-refractivity contribution is 0.398. The van der Waals surface area contributed by atoms with E-state index < -0.39 is 0 Å². The van der Waals surface area contributed by atoms with Crippen molar-refractivity contribution in [2.75, 3.05) is 19.0 Å². The van der Waals surface area contributed by atoms with Crippen LogP contribution in [-0.2, 0) is 0 Å². The average molecular weight is 247 g/mol. The van der Waals surface area contributed by atoms with Crippen LogP contribution in [0.3, 0.4) is 0 Å². The number of nitrogens with zero attached hydrogens (tertiary/aromatic N) is 3. The highest BCUT2D eigenvalue weighted by atomic mass is 35.5. The maximum atomic E-state index is 7.73. The van der Waals surface area contributed by atoms with E-state index in [2.05, 4.69) is 5.16 Å². The van der Waals surface area contributed by atoms with Gasteiger partial charge in [0.1, 0.15) is 5.76 Å². The van der Waals surface area contributed by atoms with Crippen LogP contribution in [0.2, 0.25) is 0 Å². The third-order valence-corrected chi connectivity index (χ3v) is 1.96. The van der Waals surface area contributed by atoms with Gasteiger partial charge in [0.05, 0.1) is 0 Å². The second-order valence-corrected chi connectivity index (χ2v) is 3.12. The van der Waals surface area contributed by atoms with E-state index in [1.54, 1.807) is 20.0 Å². The summed E-state index contributed by atoms with van der Waals surface area (Å²) in [6.07, 6.45) is 0. The highest BCUT2D eigenvalue weighted by Gasteiger charge is 2.16. The molecule has 0 aliphatic carbocycles. The normalized spacial score (nSPS) is 9.19. The van der Waals surface area contributed by atoms with Gasteiger partial charge >= 0.3 is 0 Å². The maximum absolute atomic E-state index is 7.73. The fourth-order valence-electron chi connectivity index (χ4n) is 0.959. The summed E-state index contributed by atoms with van der Waals surface area (Å²) in [7, 11) is 3.19. The number of rotatable bonds is 1. The predicted molar refractivity (Wildman–Crippen MR) is 64.3 cm³/mol. The Labute approximate surface area is 99.6 Å². The van der Waals surface area contributed by atoms with Crippen LogP contribution in [-0.4, -0.2) is 36.1 Å². The Morgan fingerprint density at radius 1 is 1.44 bits per heavy atom. The molecular weight excluding hydrogens is 232 g/mol. The molecule has 7 nitrogen and oxygen atoms in total. The number of hydrogen-bond acceptors (Lipinski definition) is 4. The first kappa shape index (κ1) is 14.2. The van der Waals surface area contributed by atoms with E-state index >= 15 is 0 Å². The van der Waals surface area contributed by atoms with Crippen molar-refractivity contribution in [3.05, 3.63) is 11.8 Å². The Hall–Kier alpha value is -1.76. The summed E-state index contributed by atoms with van der Waals surface area (Å²) < 4.78 is 4.88. The highest BCUT2D eigenvalue weighted by Crippen LogP contribution is 2.12. The molecule has 0 bridgehead atoms. The van der Waals surface area contributed by atoms with Crippen molar-refractivity contribution in [2.24, 2.45) is 5.73 Å². The summed E-state index contributed by atoms with van der Waals surface area (Å²) in [6.45, 7) is 1.77. The lowest BCUT2D eigenvalue weighted by Gasteiger charge is -2.24. The minimum atomic E-state index is -0.202. The van der Waals surface area contributed by atoms with Crippen LogP contribution < -0.4 is 10.6 Å². The van der Waals surface area contributed by atoms with E-state index in [1.165, 1.54) is 16.8 Å². The van der Waals surface area contributed by atoms with Gasteiger partial charge in [-0.05, 0) is 6.92 Å². The van der Waals surface area contributed by atoms with Crippen LogP contribution in [0.1, 0.15) is 5.76 Å². The van der Waals surface area contributed by atoms with Crippen molar-refractivity contribution in [2.45, 2.75) is 6.92 Å². The molecule has 0 saturated heterocycles. The average Bonchev–Trinajstić information content (AvgIpc) is 2.61. The smallest absolute Gasteiger partial charge is 0.205 e. The summed E-state index contributed by atoms with van der Waals surface area (Å²) in [4.78, 5) is 2.70. The van der Waals surface area contributed by atoms with Gasteiger partial charge in [0.15, 0.2) is 11.8 Å². The van der Waals surface area contributed by atoms with Crippen molar-refractivity contribution in [3.63, 3.8) is 0 Å². The van der Waals surface area contributed by atoms with Gasteiger partial charge < -0.3 is 10.3 Å². The quantitative estimate of drug-likeness (QED) is 0.497. The molecule has 0 fully saturated rings.